The van der Waals surface area contributed by atoms with Crippen LogP contribution in [0.25, 0.3) is 0 Å². The molecule has 3 rings (SSSR count). The lowest BCUT2D eigenvalue weighted by Gasteiger charge is -2.21. The number of carbonyl (C=O) groups excluding carboxylic acids is 1. The molecule has 0 bridgehead atoms. The Labute approximate surface area is 156 Å². The molecule has 3 nitrogen and oxygen atoms in total. The van der Waals surface area contributed by atoms with Gasteiger partial charge in [-0.1, -0.05) is 56.1 Å². The molecule has 0 fully saturated rings. The fraction of sp³-hybridized carbons (Fsp3) is 0.176. The minimum Gasteiger partial charge on any atom is -0.272 e. The summed E-state index contributed by atoms with van der Waals surface area (Å²) in [6.45, 7) is 0. The van der Waals surface area contributed by atoms with E-state index in [1.165, 1.54) is 5.01 Å². The van der Waals surface area contributed by atoms with E-state index in [0.29, 0.717) is 6.42 Å². The van der Waals surface area contributed by atoms with Crippen LogP contribution < -0.4 is 0 Å². The van der Waals surface area contributed by atoms with E-state index < -0.39 is 0 Å². The number of alkyl halides is 1. The topological polar surface area (TPSA) is 32.7 Å². The van der Waals surface area contributed by atoms with Gasteiger partial charge in [-0.3, -0.25) is 4.79 Å². The smallest absolute Gasteiger partial charge is 0.258 e. The fourth-order valence-corrected chi connectivity index (χ4v) is 3.21. The normalized spacial score (nSPS) is 17.3. The first-order chi connectivity index (χ1) is 11.1. The standard InChI is InChI=1S/C17H13Br2ClN2O/c18-13-5-1-11(2-6-13)15-9-16(22(21-15)17(23)10-20)12-3-7-14(19)8-4-12/h1-8,16H,9-10H2/t16-/m0/s1. The zero-order chi connectivity index (χ0) is 16.4. The van der Waals surface area contributed by atoms with Crippen molar-refractivity contribution in [3.05, 3.63) is 68.6 Å². The number of rotatable bonds is 3. The minimum absolute atomic E-state index is 0.0792. The van der Waals surface area contributed by atoms with Gasteiger partial charge in [-0.2, -0.15) is 5.10 Å². The lowest BCUT2D eigenvalue weighted by atomic mass is 9.98. The van der Waals surface area contributed by atoms with Gasteiger partial charge in [0.15, 0.2) is 0 Å². The van der Waals surface area contributed by atoms with Crippen molar-refractivity contribution in [2.75, 3.05) is 5.88 Å². The predicted molar refractivity (Wildman–Crippen MR) is 99.7 cm³/mol. The molecular formula is C17H13Br2ClN2O. The Morgan fingerprint density at radius 2 is 1.65 bits per heavy atom. The highest BCUT2D eigenvalue weighted by molar-refractivity contribution is 9.10. The molecule has 0 radical (unpaired) electrons. The molecule has 0 unspecified atom stereocenters. The van der Waals surface area contributed by atoms with Gasteiger partial charge in [0.1, 0.15) is 5.88 Å². The van der Waals surface area contributed by atoms with Crippen LogP contribution in [0.3, 0.4) is 0 Å². The number of hydrazone groups is 1. The van der Waals surface area contributed by atoms with Crippen LogP contribution in [0.1, 0.15) is 23.6 Å². The summed E-state index contributed by atoms with van der Waals surface area (Å²) in [4.78, 5) is 12.2. The Kier molecular flexibility index (Phi) is 5.19. The molecular weight excluding hydrogens is 443 g/mol. The lowest BCUT2D eigenvalue weighted by molar-refractivity contribution is -0.130. The average Bonchev–Trinajstić information content (AvgIpc) is 3.00. The van der Waals surface area contributed by atoms with Crippen LogP contribution >= 0.6 is 43.5 Å². The van der Waals surface area contributed by atoms with E-state index in [9.17, 15) is 4.79 Å². The van der Waals surface area contributed by atoms with E-state index in [-0.39, 0.29) is 17.8 Å². The minimum atomic E-state index is -0.188. The van der Waals surface area contributed by atoms with Crippen molar-refractivity contribution in [2.24, 2.45) is 5.10 Å². The lowest BCUT2D eigenvalue weighted by Crippen LogP contribution is -2.27. The van der Waals surface area contributed by atoms with Gasteiger partial charge < -0.3 is 0 Å². The van der Waals surface area contributed by atoms with Crippen molar-refractivity contribution in [2.45, 2.75) is 12.5 Å². The van der Waals surface area contributed by atoms with Crippen LogP contribution in [0.5, 0.6) is 0 Å². The summed E-state index contributed by atoms with van der Waals surface area (Å²) in [7, 11) is 0. The van der Waals surface area contributed by atoms with Crippen molar-refractivity contribution < 1.29 is 4.79 Å². The van der Waals surface area contributed by atoms with Gasteiger partial charge in [0.25, 0.3) is 5.91 Å². The maximum Gasteiger partial charge on any atom is 0.258 e. The molecule has 1 amide bonds. The second-order valence-electron chi connectivity index (χ2n) is 5.20. The van der Waals surface area contributed by atoms with Crippen LogP contribution in [-0.2, 0) is 4.79 Å². The molecule has 0 saturated heterocycles. The number of hydrogen-bond acceptors (Lipinski definition) is 2. The monoisotopic (exact) mass is 454 g/mol. The molecule has 2 aromatic carbocycles. The first-order valence-electron chi connectivity index (χ1n) is 7.05. The molecule has 118 valence electrons. The summed E-state index contributed by atoms with van der Waals surface area (Å²) < 4.78 is 2.02. The number of amides is 1. The highest BCUT2D eigenvalue weighted by atomic mass is 79.9. The molecule has 0 N–H and O–H groups in total. The van der Waals surface area contributed by atoms with Crippen molar-refractivity contribution in [3.8, 4) is 0 Å². The summed E-state index contributed by atoms with van der Waals surface area (Å²) >= 11 is 12.6. The van der Waals surface area contributed by atoms with Gasteiger partial charge in [-0.15, -0.1) is 11.6 Å². The molecule has 23 heavy (non-hydrogen) atoms. The van der Waals surface area contributed by atoms with Gasteiger partial charge >= 0.3 is 0 Å². The summed E-state index contributed by atoms with van der Waals surface area (Å²) in [6.07, 6.45) is 0.673. The predicted octanol–water partition coefficient (Wildman–Crippen LogP) is 5.13. The van der Waals surface area contributed by atoms with E-state index in [4.69, 9.17) is 11.6 Å². The van der Waals surface area contributed by atoms with E-state index in [2.05, 4.69) is 37.0 Å². The Morgan fingerprint density at radius 1 is 1.09 bits per heavy atom. The molecule has 0 spiro atoms. The third-order valence-corrected chi connectivity index (χ3v) is 5.00. The highest BCUT2D eigenvalue weighted by Gasteiger charge is 2.32. The third kappa shape index (κ3) is 3.67. The quantitative estimate of drug-likeness (QED) is 0.590. The second-order valence-corrected chi connectivity index (χ2v) is 7.30. The van der Waals surface area contributed by atoms with E-state index in [1.807, 2.05) is 48.5 Å². The van der Waals surface area contributed by atoms with Crippen LogP contribution in [0.4, 0.5) is 0 Å². The molecule has 0 aliphatic carbocycles. The van der Waals surface area contributed by atoms with E-state index >= 15 is 0 Å². The molecule has 1 aliphatic heterocycles. The Balaban J connectivity index is 1.93. The van der Waals surface area contributed by atoms with Crippen LogP contribution in [-0.4, -0.2) is 22.5 Å². The average molecular weight is 457 g/mol. The number of halogens is 3. The van der Waals surface area contributed by atoms with Crippen LogP contribution in [0, 0.1) is 0 Å². The Morgan fingerprint density at radius 3 is 2.22 bits per heavy atom. The molecule has 2 aromatic rings. The third-order valence-electron chi connectivity index (χ3n) is 3.71. The maximum absolute atomic E-state index is 12.2. The second kappa shape index (κ2) is 7.16. The van der Waals surface area contributed by atoms with Crippen LogP contribution in [0.2, 0.25) is 0 Å². The first-order valence-corrected chi connectivity index (χ1v) is 9.17. The van der Waals surface area contributed by atoms with Gasteiger partial charge in [0, 0.05) is 15.4 Å². The molecule has 6 heteroatoms. The molecule has 1 atom stereocenters. The Bertz CT molecular complexity index is 744. The van der Waals surface area contributed by atoms with Crippen molar-refractivity contribution in [1.29, 1.82) is 0 Å². The van der Waals surface area contributed by atoms with Gasteiger partial charge in [0.2, 0.25) is 0 Å². The number of hydrogen-bond donors (Lipinski definition) is 0. The summed E-state index contributed by atoms with van der Waals surface area (Å²) in [6, 6.07) is 15.8. The summed E-state index contributed by atoms with van der Waals surface area (Å²) in [5.74, 6) is -0.267. The van der Waals surface area contributed by atoms with Crippen molar-refractivity contribution in [1.82, 2.24) is 5.01 Å². The maximum atomic E-state index is 12.2. The van der Waals surface area contributed by atoms with Crippen molar-refractivity contribution >= 4 is 55.1 Å². The van der Waals surface area contributed by atoms with Crippen molar-refractivity contribution in [3.63, 3.8) is 0 Å². The zero-order valence-corrected chi connectivity index (χ0v) is 16.0. The first kappa shape index (κ1) is 16.7. The number of benzene rings is 2. The van der Waals surface area contributed by atoms with Gasteiger partial charge in [0.05, 0.1) is 11.8 Å². The highest BCUT2D eigenvalue weighted by Crippen LogP contribution is 2.33. The van der Waals surface area contributed by atoms with E-state index in [1.54, 1.807) is 0 Å². The van der Waals surface area contributed by atoms with Gasteiger partial charge in [-0.25, -0.2) is 5.01 Å². The molecule has 1 aliphatic rings. The summed E-state index contributed by atoms with van der Waals surface area (Å²) in [5.41, 5.74) is 2.95. The van der Waals surface area contributed by atoms with Gasteiger partial charge in [-0.05, 0) is 35.4 Å². The zero-order valence-electron chi connectivity index (χ0n) is 12.0. The molecule has 0 saturated carbocycles. The summed E-state index contributed by atoms with van der Waals surface area (Å²) in [5, 5.41) is 6.04. The van der Waals surface area contributed by atoms with Crippen LogP contribution in [0.15, 0.2) is 62.6 Å². The number of nitrogens with zero attached hydrogens (tertiary/aromatic N) is 2. The molecule has 0 aromatic heterocycles. The number of carbonyl (C=O) groups is 1. The SMILES string of the molecule is O=C(CCl)N1N=C(c2ccc(Br)cc2)C[C@H]1c1ccc(Br)cc1. The largest absolute Gasteiger partial charge is 0.272 e. The molecule has 1 heterocycles. The van der Waals surface area contributed by atoms with E-state index in [0.717, 1.165) is 25.8 Å². The Hall–Kier alpha value is -1.17. The fourth-order valence-electron chi connectivity index (χ4n) is 2.56.